The van der Waals surface area contributed by atoms with Crippen LogP contribution in [-0.4, -0.2) is 57.5 Å². The Morgan fingerprint density at radius 3 is 2.05 bits per heavy atom. The lowest BCUT2D eigenvalue weighted by Gasteiger charge is -2.19. The van der Waals surface area contributed by atoms with Crippen LogP contribution >= 0.6 is 0 Å². The van der Waals surface area contributed by atoms with Crippen molar-refractivity contribution in [3.8, 4) is 17.2 Å². The number of aliphatic carboxylic acids is 1. The van der Waals surface area contributed by atoms with Gasteiger partial charge in [-0.2, -0.15) is 0 Å². The second kappa shape index (κ2) is 13.6. The third-order valence-electron chi connectivity index (χ3n) is 6.09. The number of carboxylic acids is 1. The first-order valence-electron chi connectivity index (χ1n) is 12.7. The Bertz CT molecular complexity index is 1490. The van der Waals surface area contributed by atoms with Gasteiger partial charge in [0.15, 0.2) is 5.69 Å². The maximum Gasteiger partial charge on any atom is 0.326 e. The summed E-state index contributed by atoms with van der Waals surface area (Å²) in [6.07, 6.45) is 1.28. The lowest BCUT2D eigenvalue weighted by atomic mass is 10.0. The van der Waals surface area contributed by atoms with Crippen LogP contribution in [0, 0.1) is 0 Å². The summed E-state index contributed by atoms with van der Waals surface area (Å²) in [6, 6.07) is 21.6. The van der Waals surface area contributed by atoms with E-state index in [2.05, 4.69) is 20.9 Å². The molecule has 1 heterocycles. The summed E-state index contributed by atoms with van der Waals surface area (Å²) in [6.45, 7) is -0.512. The summed E-state index contributed by atoms with van der Waals surface area (Å²) in [5, 5.41) is 26.6. The Kier molecular flexibility index (Phi) is 9.45. The molecule has 4 rings (SSSR count). The number of hydrogen-bond acceptors (Lipinski definition) is 7. The van der Waals surface area contributed by atoms with Crippen LogP contribution in [-0.2, 0) is 27.2 Å². The molecule has 4 aromatic rings. The van der Waals surface area contributed by atoms with E-state index in [1.807, 2.05) is 6.07 Å². The van der Waals surface area contributed by atoms with Gasteiger partial charge in [-0.1, -0.05) is 60.7 Å². The van der Waals surface area contributed by atoms with Crippen LogP contribution < -0.4 is 16.0 Å². The van der Waals surface area contributed by atoms with Crippen LogP contribution in [0.2, 0.25) is 0 Å². The monoisotopic (exact) mass is 556 g/mol. The fraction of sp³-hybridized carbons (Fsp3) is 0.167. The average Bonchev–Trinajstić information content (AvgIpc) is 3.48. The fourth-order valence-electron chi connectivity index (χ4n) is 3.99. The number of phenolic OH excluding ortho intramolecular Hbond substituents is 1. The van der Waals surface area contributed by atoms with Crippen LogP contribution in [0.5, 0.6) is 5.75 Å². The van der Waals surface area contributed by atoms with Gasteiger partial charge >= 0.3 is 5.97 Å². The summed E-state index contributed by atoms with van der Waals surface area (Å²) in [4.78, 5) is 54.5. The number of phenols is 1. The number of carbonyl (C=O) groups excluding carboxylic acids is 3. The average molecular weight is 557 g/mol. The molecule has 210 valence electrons. The summed E-state index contributed by atoms with van der Waals surface area (Å²) in [5.74, 6) is -3.00. The summed E-state index contributed by atoms with van der Waals surface area (Å²) in [5.41, 5.74) is 1.98. The van der Waals surface area contributed by atoms with Crippen LogP contribution in [0.1, 0.15) is 21.6 Å². The summed E-state index contributed by atoms with van der Waals surface area (Å²) >= 11 is 0. The number of hydrogen-bond donors (Lipinski definition) is 5. The number of carbonyl (C=O) groups is 4. The van der Waals surface area contributed by atoms with E-state index in [0.29, 0.717) is 11.1 Å². The molecule has 0 aliphatic carbocycles. The van der Waals surface area contributed by atoms with Crippen molar-refractivity contribution in [3.05, 3.63) is 108 Å². The molecule has 41 heavy (non-hydrogen) atoms. The van der Waals surface area contributed by atoms with E-state index in [0.717, 1.165) is 5.56 Å². The first-order chi connectivity index (χ1) is 19.8. The molecular weight excluding hydrogens is 528 g/mol. The molecule has 5 N–H and O–H groups in total. The third kappa shape index (κ3) is 8.27. The van der Waals surface area contributed by atoms with Gasteiger partial charge < -0.3 is 30.6 Å². The standard InChI is InChI=1S/C30H28N4O7/c35-22-13-11-20(12-14-22)15-23(33-28(38)25-18-41-29(34-25)21-9-5-2-6-10-21)27(37)31-17-26(36)32-24(30(39)40)16-19-7-3-1-4-8-19/h1-14,18,23-24,35H,15-17H2,(H,31,37)(H,32,36)(H,33,38)(H,39,40)/t23-,24-/m0/s1. The number of rotatable bonds is 12. The highest BCUT2D eigenvalue weighted by Crippen LogP contribution is 2.18. The number of oxazole rings is 1. The van der Waals surface area contributed by atoms with E-state index >= 15 is 0 Å². The van der Waals surface area contributed by atoms with Crippen molar-refractivity contribution in [2.24, 2.45) is 0 Å². The lowest BCUT2D eigenvalue weighted by molar-refractivity contribution is -0.141. The van der Waals surface area contributed by atoms with Gasteiger partial charge in [-0.15, -0.1) is 0 Å². The topological polar surface area (TPSA) is 171 Å². The SMILES string of the molecule is O=C(CNC(=O)[C@H](Cc1ccc(O)cc1)NC(=O)c1coc(-c2ccccc2)n1)N[C@@H](Cc1ccccc1)C(=O)O. The molecule has 1 aromatic heterocycles. The van der Waals surface area contributed by atoms with Crippen molar-refractivity contribution in [2.45, 2.75) is 24.9 Å². The van der Waals surface area contributed by atoms with E-state index in [1.54, 1.807) is 66.7 Å². The van der Waals surface area contributed by atoms with Crippen LogP contribution in [0.4, 0.5) is 0 Å². The second-order valence-corrected chi connectivity index (χ2v) is 9.17. The van der Waals surface area contributed by atoms with E-state index in [9.17, 15) is 29.4 Å². The Balaban J connectivity index is 1.41. The minimum Gasteiger partial charge on any atom is -0.508 e. The third-order valence-corrected chi connectivity index (χ3v) is 6.09. The van der Waals surface area contributed by atoms with Gasteiger partial charge in [0.2, 0.25) is 17.7 Å². The number of nitrogens with zero attached hydrogens (tertiary/aromatic N) is 1. The van der Waals surface area contributed by atoms with Crippen molar-refractivity contribution in [3.63, 3.8) is 0 Å². The molecule has 0 bridgehead atoms. The van der Waals surface area contributed by atoms with Crippen molar-refractivity contribution in [1.82, 2.24) is 20.9 Å². The molecule has 0 aliphatic rings. The summed E-state index contributed by atoms with van der Waals surface area (Å²) < 4.78 is 5.42. The molecule has 11 heteroatoms. The van der Waals surface area contributed by atoms with Crippen molar-refractivity contribution >= 4 is 23.7 Å². The van der Waals surface area contributed by atoms with Gasteiger partial charge in [0.05, 0.1) is 6.54 Å². The largest absolute Gasteiger partial charge is 0.508 e. The molecular formula is C30H28N4O7. The first-order valence-corrected chi connectivity index (χ1v) is 12.7. The molecule has 0 spiro atoms. The highest BCUT2D eigenvalue weighted by atomic mass is 16.4. The van der Waals surface area contributed by atoms with E-state index in [4.69, 9.17) is 4.42 Å². The van der Waals surface area contributed by atoms with Crippen molar-refractivity contribution in [2.75, 3.05) is 6.54 Å². The van der Waals surface area contributed by atoms with Crippen LogP contribution in [0.15, 0.2) is 95.6 Å². The zero-order chi connectivity index (χ0) is 29.2. The number of nitrogens with one attached hydrogen (secondary N) is 3. The van der Waals surface area contributed by atoms with Crippen molar-refractivity contribution < 1.29 is 33.8 Å². The van der Waals surface area contributed by atoms with Crippen LogP contribution in [0.3, 0.4) is 0 Å². The minimum absolute atomic E-state index is 0.0363. The first kappa shape index (κ1) is 28.6. The Hall–Kier alpha value is -5.45. The molecule has 0 saturated carbocycles. The van der Waals surface area contributed by atoms with E-state index in [-0.39, 0.29) is 30.2 Å². The quantitative estimate of drug-likeness (QED) is 0.177. The molecule has 0 aliphatic heterocycles. The zero-order valence-electron chi connectivity index (χ0n) is 21.8. The van der Waals surface area contributed by atoms with Crippen LogP contribution in [0.25, 0.3) is 11.5 Å². The lowest BCUT2D eigenvalue weighted by Crippen LogP contribution is -2.51. The smallest absolute Gasteiger partial charge is 0.326 e. The predicted octanol–water partition coefficient (Wildman–Crippen LogP) is 2.32. The van der Waals surface area contributed by atoms with Gasteiger partial charge in [0.25, 0.3) is 5.91 Å². The molecule has 11 nitrogen and oxygen atoms in total. The maximum atomic E-state index is 13.1. The Morgan fingerprint density at radius 1 is 0.780 bits per heavy atom. The normalized spacial score (nSPS) is 12.1. The number of carboxylic acid groups (broad SMARTS) is 1. The molecule has 0 radical (unpaired) electrons. The van der Waals surface area contributed by atoms with Gasteiger partial charge in [-0.25, -0.2) is 9.78 Å². The predicted molar refractivity (Wildman–Crippen MR) is 148 cm³/mol. The van der Waals surface area contributed by atoms with Gasteiger partial charge in [-0.3, -0.25) is 14.4 Å². The Labute approximate surface area is 235 Å². The number of aromatic nitrogens is 1. The van der Waals surface area contributed by atoms with Gasteiger partial charge in [0, 0.05) is 18.4 Å². The molecule has 0 saturated heterocycles. The number of benzene rings is 3. The second-order valence-electron chi connectivity index (χ2n) is 9.17. The molecule has 0 fully saturated rings. The number of amides is 3. The number of aromatic hydroxyl groups is 1. The van der Waals surface area contributed by atoms with Gasteiger partial charge in [-0.05, 0) is 35.4 Å². The zero-order valence-corrected chi connectivity index (χ0v) is 21.8. The van der Waals surface area contributed by atoms with E-state index < -0.39 is 42.3 Å². The maximum absolute atomic E-state index is 13.1. The molecule has 0 unspecified atom stereocenters. The molecule has 3 amide bonds. The minimum atomic E-state index is -1.21. The van der Waals surface area contributed by atoms with Gasteiger partial charge in [0.1, 0.15) is 24.1 Å². The summed E-state index contributed by atoms with van der Waals surface area (Å²) in [7, 11) is 0. The van der Waals surface area contributed by atoms with E-state index in [1.165, 1.54) is 18.4 Å². The molecule has 2 atom stereocenters. The molecule has 3 aromatic carbocycles. The fourth-order valence-corrected chi connectivity index (χ4v) is 3.99. The Morgan fingerprint density at radius 2 is 1.39 bits per heavy atom. The van der Waals surface area contributed by atoms with Crippen molar-refractivity contribution in [1.29, 1.82) is 0 Å². The highest BCUT2D eigenvalue weighted by molar-refractivity contribution is 5.97. The highest BCUT2D eigenvalue weighted by Gasteiger charge is 2.25.